The summed E-state index contributed by atoms with van der Waals surface area (Å²) in [6, 6.07) is 11.9. The molecule has 3 rings (SSSR count). The normalized spacial score (nSPS) is 13.2. The molecule has 128 valence electrons. The van der Waals surface area contributed by atoms with Crippen LogP contribution in [0.5, 0.6) is 0 Å². The molecule has 1 aliphatic carbocycles. The molecule has 0 fully saturated rings. The third-order valence-electron chi connectivity index (χ3n) is 4.38. The summed E-state index contributed by atoms with van der Waals surface area (Å²) in [6.07, 6.45) is -2.06. The van der Waals surface area contributed by atoms with Gasteiger partial charge in [0.25, 0.3) is 0 Å². The van der Waals surface area contributed by atoms with Gasteiger partial charge in [-0.1, -0.05) is 24.3 Å². The Balaban J connectivity index is 1.70. The first kappa shape index (κ1) is 17.2. The van der Waals surface area contributed by atoms with Crippen LogP contribution in [0.1, 0.15) is 56.7 Å². The van der Waals surface area contributed by atoms with Gasteiger partial charge in [-0.2, -0.15) is 13.2 Å². The van der Waals surface area contributed by atoms with Gasteiger partial charge in [-0.25, -0.2) is 0 Å². The first-order chi connectivity index (χ1) is 11.9. The number of alkyl halides is 3. The highest BCUT2D eigenvalue weighted by Gasteiger charge is 2.35. The Morgan fingerprint density at radius 1 is 1.00 bits per heavy atom. The molecule has 1 aliphatic rings. The molecule has 5 heteroatoms. The maximum Gasteiger partial charge on any atom is 0.417 e. The van der Waals surface area contributed by atoms with Crippen LogP contribution < -0.4 is 0 Å². The van der Waals surface area contributed by atoms with Gasteiger partial charge >= 0.3 is 6.18 Å². The van der Waals surface area contributed by atoms with Crippen LogP contribution in [0.15, 0.2) is 30.3 Å². The molecule has 25 heavy (non-hydrogen) atoms. The number of hydrogen-bond donors (Lipinski definition) is 0. The molecule has 0 aliphatic heterocycles. The van der Waals surface area contributed by atoms with E-state index in [1.54, 1.807) is 6.07 Å². The number of rotatable bonds is 5. The number of fused-ring (bicyclic) bond motifs is 1. The third kappa shape index (κ3) is 3.74. The van der Waals surface area contributed by atoms with E-state index in [9.17, 15) is 22.8 Å². The van der Waals surface area contributed by atoms with E-state index in [-0.39, 0.29) is 18.6 Å². The Morgan fingerprint density at radius 2 is 1.72 bits per heavy atom. The Kier molecular flexibility index (Phi) is 4.63. The quantitative estimate of drug-likeness (QED) is 0.741. The van der Waals surface area contributed by atoms with Crippen LogP contribution in [0.4, 0.5) is 13.2 Å². The number of ketones is 2. The van der Waals surface area contributed by atoms with Crippen molar-refractivity contribution in [3.05, 3.63) is 70.3 Å². The summed E-state index contributed by atoms with van der Waals surface area (Å²) in [6.45, 7) is 0. The maximum atomic E-state index is 12.9. The van der Waals surface area contributed by atoms with Gasteiger partial charge in [0.05, 0.1) is 11.1 Å². The Morgan fingerprint density at radius 3 is 2.48 bits per heavy atom. The van der Waals surface area contributed by atoms with Crippen LogP contribution in [0, 0.1) is 12.1 Å². The SMILES string of the molecule is O=C(CCC(=O)c1c#cccc1C(F)(F)F)c1ccc2c(c1)CCC2. The predicted molar refractivity (Wildman–Crippen MR) is 85.5 cm³/mol. The lowest BCUT2D eigenvalue weighted by molar-refractivity contribution is -0.137. The number of hydrogen-bond acceptors (Lipinski definition) is 2. The van der Waals surface area contributed by atoms with Crippen molar-refractivity contribution in [3.63, 3.8) is 0 Å². The second-order valence-corrected chi connectivity index (χ2v) is 6.07. The van der Waals surface area contributed by atoms with Gasteiger partial charge in [0.2, 0.25) is 0 Å². The number of halogens is 3. The minimum absolute atomic E-state index is 0.127. The van der Waals surface area contributed by atoms with Crippen molar-refractivity contribution in [2.45, 2.75) is 38.3 Å². The standard InChI is InChI=1S/C20H15F3O2/c21-20(22,23)17-7-2-1-6-16(17)19(25)11-10-18(24)15-9-8-13-4-3-5-14(13)12-15/h2,7-9,12H,3-5,10-11H2. The molecule has 2 aromatic carbocycles. The minimum Gasteiger partial charge on any atom is -0.294 e. The number of benzene rings is 1. The molecule has 0 saturated heterocycles. The molecular formula is C20H15F3O2. The zero-order valence-electron chi connectivity index (χ0n) is 13.4. The molecule has 0 unspecified atom stereocenters. The molecule has 2 aromatic rings. The molecule has 0 saturated carbocycles. The molecule has 0 atom stereocenters. The summed E-state index contributed by atoms with van der Waals surface area (Å²) in [7, 11) is 0. The first-order valence-corrected chi connectivity index (χ1v) is 8.04. The van der Waals surface area contributed by atoms with Crippen molar-refractivity contribution >= 4 is 11.6 Å². The largest absolute Gasteiger partial charge is 0.417 e. The van der Waals surface area contributed by atoms with Crippen molar-refractivity contribution < 1.29 is 22.8 Å². The lowest BCUT2D eigenvalue weighted by atomic mass is 9.97. The Hall–Kier alpha value is -2.61. The zero-order valence-corrected chi connectivity index (χ0v) is 13.4. The summed E-state index contributed by atoms with van der Waals surface area (Å²) in [5, 5.41) is 0. The van der Waals surface area contributed by atoms with E-state index in [1.807, 2.05) is 12.1 Å². The monoisotopic (exact) mass is 344 g/mol. The molecule has 0 spiro atoms. The van der Waals surface area contributed by atoms with Crippen molar-refractivity contribution in [1.29, 1.82) is 0 Å². The van der Waals surface area contributed by atoms with Crippen LogP contribution in [-0.4, -0.2) is 11.6 Å². The molecule has 0 N–H and O–H groups in total. The molecule has 0 aromatic heterocycles. The van der Waals surface area contributed by atoms with Crippen LogP contribution in [-0.2, 0) is 19.0 Å². The lowest BCUT2D eigenvalue weighted by Gasteiger charge is -2.09. The van der Waals surface area contributed by atoms with E-state index in [4.69, 9.17) is 0 Å². The number of carbonyl (C=O) groups is 2. The van der Waals surface area contributed by atoms with Crippen molar-refractivity contribution in [3.8, 4) is 0 Å². The molecular weight excluding hydrogens is 329 g/mol. The fraction of sp³-hybridized carbons (Fsp3) is 0.300. The van der Waals surface area contributed by atoms with Crippen LogP contribution in [0.25, 0.3) is 0 Å². The van der Waals surface area contributed by atoms with Gasteiger partial charge in [0.15, 0.2) is 11.6 Å². The summed E-state index contributed by atoms with van der Waals surface area (Å²) < 4.78 is 38.8. The summed E-state index contributed by atoms with van der Waals surface area (Å²) >= 11 is 0. The average molecular weight is 344 g/mol. The predicted octanol–water partition coefficient (Wildman–Crippen LogP) is 4.64. The molecule has 0 bridgehead atoms. The highest BCUT2D eigenvalue weighted by atomic mass is 19.4. The summed E-state index contributed by atoms with van der Waals surface area (Å²) in [5.41, 5.74) is 1.28. The van der Waals surface area contributed by atoms with Crippen LogP contribution in [0.3, 0.4) is 0 Å². The highest BCUT2D eigenvalue weighted by Crippen LogP contribution is 2.31. The first-order valence-electron chi connectivity index (χ1n) is 8.04. The average Bonchev–Trinajstić information content (AvgIpc) is 3.06. The highest BCUT2D eigenvalue weighted by molar-refractivity contribution is 6.02. The lowest BCUT2D eigenvalue weighted by Crippen LogP contribution is -2.13. The van der Waals surface area contributed by atoms with Crippen molar-refractivity contribution in [2.75, 3.05) is 0 Å². The van der Waals surface area contributed by atoms with E-state index in [1.165, 1.54) is 5.56 Å². The number of carbonyl (C=O) groups excluding carboxylic acids is 2. The minimum atomic E-state index is -4.64. The Labute approximate surface area is 143 Å². The van der Waals surface area contributed by atoms with Crippen LogP contribution >= 0.6 is 0 Å². The van der Waals surface area contributed by atoms with E-state index in [0.29, 0.717) is 5.56 Å². The van der Waals surface area contributed by atoms with Gasteiger partial charge in [-0.15, -0.1) is 0 Å². The van der Waals surface area contributed by atoms with Gasteiger partial charge in [0.1, 0.15) is 0 Å². The number of Topliss-reactive ketones (excluding diaryl/α,β-unsaturated/α-hetero) is 2. The van der Waals surface area contributed by atoms with E-state index < -0.39 is 23.1 Å². The van der Waals surface area contributed by atoms with E-state index in [0.717, 1.165) is 37.0 Å². The Bertz CT molecular complexity index is 822. The van der Waals surface area contributed by atoms with E-state index >= 15 is 0 Å². The fourth-order valence-electron chi connectivity index (χ4n) is 3.09. The topological polar surface area (TPSA) is 34.1 Å². The molecule has 0 amide bonds. The van der Waals surface area contributed by atoms with Gasteiger partial charge in [0, 0.05) is 18.4 Å². The van der Waals surface area contributed by atoms with Crippen LogP contribution in [0.2, 0.25) is 0 Å². The zero-order chi connectivity index (χ0) is 18.0. The maximum absolute atomic E-state index is 12.9. The summed E-state index contributed by atoms with van der Waals surface area (Å²) in [5.74, 6) is -0.991. The van der Waals surface area contributed by atoms with Crippen molar-refractivity contribution in [2.24, 2.45) is 0 Å². The molecule has 0 heterocycles. The third-order valence-corrected chi connectivity index (χ3v) is 4.38. The smallest absolute Gasteiger partial charge is 0.294 e. The van der Waals surface area contributed by atoms with Gasteiger partial charge < -0.3 is 0 Å². The van der Waals surface area contributed by atoms with Gasteiger partial charge in [-0.3, -0.25) is 9.59 Å². The number of aryl methyl sites for hydroxylation is 2. The van der Waals surface area contributed by atoms with Crippen molar-refractivity contribution in [1.82, 2.24) is 0 Å². The molecule has 0 radical (unpaired) electrons. The van der Waals surface area contributed by atoms with E-state index in [2.05, 4.69) is 12.1 Å². The van der Waals surface area contributed by atoms with Gasteiger partial charge in [-0.05, 0) is 48.6 Å². The molecule has 2 nitrogen and oxygen atoms in total. The second-order valence-electron chi connectivity index (χ2n) is 6.07. The summed E-state index contributed by atoms with van der Waals surface area (Å²) in [4.78, 5) is 24.4. The second kappa shape index (κ2) is 6.72. The fourth-order valence-corrected chi connectivity index (χ4v) is 3.09.